The van der Waals surface area contributed by atoms with Crippen molar-refractivity contribution in [3.63, 3.8) is 0 Å². The minimum Gasteiger partial charge on any atom is -0.464 e. The summed E-state index contributed by atoms with van der Waals surface area (Å²) >= 11 is 0. The van der Waals surface area contributed by atoms with Crippen LogP contribution in [0.1, 0.15) is 21.9 Å². The van der Waals surface area contributed by atoms with Crippen LogP contribution in [0.4, 0.5) is 0 Å². The number of ether oxygens (including phenoxy) is 3. The monoisotopic (exact) mass is 362 g/mol. The van der Waals surface area contributed by atoms with Gasteiger partial charge in [-0.15, -0.1) is 0 Å². The SMILES string of the molecule is COCCN(Cc1nc(C(=O)OC)co1)C(=O)COCc1ccccc1. The smallest absolute Gasteiger partial charge is 0.360 e. The van der Waals surface area contributed by atoms with Crippen LogP contribution in [0.3, 0.4) is 0 Å². The van der Waals surface area contributed by atoms with Crippen molar-refractivity contribution in [2.75, 3.05) is 34.0 Å². The van der Waals surface area contributed by atoms with Gasteiger partial charge in [-0.3, -0.25) is 4.79 Å². The first kappa shape index (κ1) is 19.6. The lowest BCUT2D eigenvalue weighted by molar-refractivity contribution is -0.138. The summed E-state index contributed by atoms with van der Waals surface area (Å²) in [6.07, 6.45) is 1.20. The van der Waals surface area contributed by atoms with Crippen LogP contribution < -0.4 is 0 Å². The number of hydrogen-bond acceptors (Lipinski definition) is 7. The summed E-state index contributed by atoms with van der Waals surface area (Å²) in [5, 5.41) is 0. The van der Waals surface area contributed by atoms with Crippen LogP contribution in [0.5, 0.6) is 0 Å². The van der Waals surface area contributed by atoms with Crippen molar-refractivity contribution in [2.45, 2.75) is 13.2 Å². The summed E-state index contributed by atoms with van der Waals surface area (Å²) < 4.78 is 20.3. The van der Waals surface area contributed by atoms with E-state index in [2.05, 4.69) is 9.72 Å². The van der Waals surface area contributed by atoms with Crippen molar-refractivity contribution in [1.82, 2.24) is 9.88 Å². The molecule has 0 N–H and O–H groups in total. The zero-order valence-electron chi connectivity index (χ0n) is 14.8. The van der Waals surface area contributed by atoms with Crippen LogP contribution in [-0.4, -0.2) is 55.7 Å². The highest BCUT2D eigenvalue weighted by molar-refractivity contribution is 5.86. The topological polar surface area (TPSA) is 91.1 Å². The van der Waals surface area contributed by atoms with Gasteiger partial charge >= 0.3 is 5.97 Å². The summed E-state index contributed by atoms with van der Waals surface area (Å²) in [5.74, 6) is -0.588. The Labute approximate surface area is 151 Å². The Morgan fingerprint density at radius 2 is 1.96 bits per heavy atom. The van der Waals surface area contributed by atoms with Crippen molar-refractivity contribution >= 4 is 11.9 Å². The molecule has 26 heavy (non-hydrogen) atoms. The Morgan fingerprint density at radius 3 is 2.65 bits per heavy atom. The maximum atomic E-state index is 12.4. The fourth-order valence-electron chi connectivity index (χ4n) is 2.16. The fraction of sp³-hybridized carbons (Fsp3) is 0.389. The van der Waals surface area contributed by atoms with E-state index in [1.165, 1.54) is 18.3 Å². The summed E-state index contributed by atoms with van der Waals surface area (Å²) in [6.45, 7) is 1.07. The van der Waals surface area contributed by atoms with E-state index < -0.39 is 5.97 Å². The molecular formula is C18H22N2O6. The number of carbonyl (C=O) groups is 2. The molecule has 140 valence electrons. The Kier molecular flexibility index (Phi) is 7.78. The maximum Gasteiger partial charge on any atom is 0.360 e. The molecule has 8 heteroatoms. The lowest BCUT2D eigenvalue weighted by Gasteiger charge is -2.20. The van der Waals surface area contributed by atoms with Crippen LogP contribution in [0.15, 0.2) is 41.0 Å². The molecule has 8 nitrogen and oxygen atoms in total. The Morgan fingerprint density at radius 1 is 1.19 bits per heavy atom. The highest BCUT2D eigenvalue weighted by Crippen LogP contribution is 2.08. The van der Waals surface area contributed by atoms with Gasteiger partial charge in [0.1, 0.15) is 12.9 Å². The average molecular weight is 362 g/mol. The van der Waals surface area contributed by atoms with E-state index >= 15 is 0 Å². The third-order valence-corrected chi connectivity index (χ3v) is 3.53. The Hall–Kier alpha value is -2.71. The molecule has 2 aromatic rings. The first-order valence-electron chi connectivity index (χ1n) is 8.05. The third kappa shape index (κ3) is 5.98. The fourth-order valence-corrected chi connectivity index (χ4v) is 2.16. The maximum absolute atomic E-state index is 12.4. The van der Waals surface area contributed by atoms with Gasteiger partial charge in [-0.2, -0.15) is 0 Å². The zero-order chi connectivity index (χ0) is 18.8. The molecule has 1 amide bonds. The second-order valence-electron chi connectivity index (χ2n) is 5.40. The molecule has 0 saturated carbocycles. The van der Waals surface area contributed by atoms with Gasteiger partial charge in [0.2, 0.25) is 11.8 Å². The van der Waals surface area contributed by atoms with Crippen LogP contribution in [0, 0.1) is 0 Å². The van der Waals surface area contributed by atoms with Gasteiger partial charge in [-0.05, 0) is 5.56 Å². The number of oxazole rings is 1. The first-order valence-corrected chi connectivity index (χ1v) is 8.05. The number of esters is 1. The van der Waals surface area contributed by atoms with Gasteiger partial charge in [0.25, 0.3) is 0 Å². The Balaban J connectivity index is 1.91. The number of hydrogen-bond donors (Lipinski definition) is 0. The molecule has 0 saturated heterocycles. The van der Waals surface area contributed by atoms with Crippen LogP contribution in [0.25, 0.3) is 0 Å². The molecule has 0 aliphatic heterocycles. The number of nitrogens with zero attached hydrogens (tertiary/aromatic N) is 2. The van der Waals surface area contributed by atoms with E-state index in [0.717, 1.165) is 5.56 Å². The standard InChI is InChI=1S/C18H22N2O6/c1-23-9-8-20(10-16-19-15(12-26-16)18(22)24-2)17(21)13-25-11-14-6-4-3-5-7-14/h3-7,12H,8-11,13H2,1-2H3. The minimum absolute atomic E-state index is 0.0574. The summed E-state index contributed by atoms with van der Waals surface area (Å²) in [4.78, 5) is 29.4. The zero-order valence-corrected chi connectivity index (χ0v) is 14.8. The average Bonchev–Trinajstić information content (AvgIpc) is 3.13. The molecule has 0 radical (unpaired) electrons. The molecular weight excluding hydrogens is 340 g/mol. The molecule has 0 atom stereocenters. The molecule has 0 spiro atoms. The van der Waals surface area contributed by atoms with Crippen molar-refractivity contribution in [2.24, 2.45) is 0 Å². The number of carbonyl (C=O) groups excluding carboxylic acids is 2. The molecule has 1 heterocycles. The van der Waals surface area contributed by atoms with Crippen molar-refractivity contribution in [1.29, 1.82) is 0 Å². The molecule has 0 fully saturated rings. The molecule has 1 aromatic heterocycles. The predicted molar refractivity (Wildman–Crippen MR) is 91.2 cm³/mol. The number of aromatic nitrogens is 1. The van der Waals surface area contributed by atoms with E-state index in [4.69, 9.17) is 13.9 Å². The van der Waals surface area contributed by atoms with Crippen molar-refractivity contribution < 1.29 is 28.2 Å². The predicted octanol–water partition coefficient (Wildman–Crippen LogP) is 1.65. The highest BCUT2D eigenvalue weighted by atomic mass is 16.5. The van der Waals surface area contributed by atoms with Gasteiger partial charge in [0.15, 0.2) is 5.69 Å². The molecule has 0 aliphatic carbocycles. The molecule has 1 aromatic carbocycles. The van der Waals surface area contributed by atoms with Gasteiger partial charge in [0.05, 0.1) is 26.9 Å². The van der Waals surface area contributed by atoms with E-state index in [-0.39, 0.29) is 30.6 Å². The lowest BCUT2D eigenvalue weighted by atomic mass is 10.2. The molecule has 0 bridgehead atoms. The molecule has 0 unspecified atom stereocenters. The van der Waals surface area contributed by atoms with Gasteiger partial charge in [0, 0.05) is 13.7 Å². The van der Waals surface area contributed by atoms with Crippen LogP contribution in [-0.2, 0) is 32.2 Å². The number of rotatable bonds is 10. The van der Waals surface area contributed by atoms with Gasteiger partial charge in [-0.25, -0.2) is 9.78 Å². The van der Waals surface area contributed by atoms with Gasteiger partial charge < -0.3 is 23.5 Å². The minimum atomic E-state index is -0.596. The van der Waals surface area contributed by atoms with E-state index in [9.17, 15) is 9.59 Å². The van der Waals surface area contributed by atoms with Crippen LogP contribution in [0.2, 0.25) is 0 Å². The van der Waals surface area contributed by atoms with E-state index in [0.29, 0.717) is 19.8 Å². The Bertz CT molecular complexity index is 701. The van der Waals surface area contributed by atoms with Gasteiger partial charge in [-0.1, -0.05) is 30.3 Å². The van der Waals surface area contributed by atoms with E-state index in [1.54, 1.807) is 7.11 Å². The second-order valence-corrected chi connectivity index (χ2v) is 5.40. The first-order chi connectivity index (χ1) is 12.6. The summed E-state index contributed by atoms with van der Waals surface area (Å²) in [6, 6.07) is 9.59. The van der Waals surface area contributed by atoms with E-state index in [1.807, 2.05) is 30.3 Å². The third-order valence-electron chi connectivity index (χ3n) is 3.53. The van der Waals surface area contributed by atoms with Crippen molar-refractivity contribution in [3.05, 3.63) is 53.7 Å². The molecule has 0 aliphatic rings. The number of benzene rings is 1. The highest BCUT2D eigenvalue weighted by Gasteiger charge is 2.19. The summed E-state index contributed by atoms with van der Waals surface area (Å²) in [5.41, 5.74) is 1.04. The quantitative estimate of drug-likeness (QED) is 0.594. The van der Waals surface area contributed by atoms with Crippen molar-refractivity contribution in [3.8, 4) is 0 Å². The largest absolute Gasteiger partial charge is 0.464 e. The number of amides is 1. The van der Waals surface area contributed by atoms with Crippen LogP contribution >= 0.6 is 0 Å². The normalized spacial score (nSPS) is 10.5. The lowest BCUT2D eigenvalue weighted by Crippen LogP contribution is -2.36. The molecule has 2 rings (SSSR count). The number of methoxy groups -OCH3 is 2. The summed E-state index contributed by atoms with van der Waals surface area (Å²) in [7, 11) is 2.81. The second kappa shape index (κ2) is 10.3.